The van der Waals surface area contributed by atoms with Gasteiger partial charge in [0.2, 0.25) is 10.0 Å². The zero-order chi connectivity index (χ0) is 17.0. The second kappa shape index (κ2) is 7.00. The van der Waals surface area contributed by atoms with Crippen molar-refractivity contribution in [2.75, 3.05) is 6.61 Å². The topological polar surface area (TPSA) is 97.4 Å². The third kappa shape index (κ3) is 3.73. The summed E-state index contributed by atoms with van der Waals surface area (Å²) in [5.74, 6) is 0.345. The van der Waals surface area contributed by atoms with Crippen LogP contribution in [0.3, 0.4) is 0 Å². The van der Waals surface area contributed by atoms with Crippen LogP contribution in [0.2, 0.25) is 0 Å². The lowest BCUT2D eigenvalue weighted by atomic mass is 10.2. The second-order valence-electron chi connectivity index (χ2n) is 5.23. The number of sulfonamides is 1. The summed E-state index contributed by atoms with van der Waals surface area (Å²) in [7, 11) is -3.82. The first kappa shape index (κ1) is 16.4. The number of hydrogen-bond acceptors (Lipinski definition) is 5. The molecule has 0 bridgehead atoms. The summed E-state index contributed by atoms with van der Waals surface area (Å²) in [6.07, 6.45) is 4.15. The van der Waals surface area contributed by atoms with Crippen molar-refractivity contribution in [3.8, 4) is 0 Å². The van der Waals surface area contributed by atoms with E-state index in [4.69, 9.17) is 4.42 Å². The molecule has 1 atom stereocenters. The van der Waals surface area contributed by atoms with E-state index in [1.54, 1.807) is 16.8 Å². The molecular formula is C16H17N3O4S. The molecule has 0 saturated carbocycles. The van der Waals surface area contributed by atoms with E-state index in [0.29, 0.717) is 12.3 Å². The number of rotatable bonds is 7. The molecule has 0 radical (unpaired) electrons. The molecule has 126 valence electrons. The molecule has 3 rings (SSSR count). The van der Waals surface area contributed by atoms with Crippen molar-refractivity contribution in [2.24, 2.45) is 0 Å². The molecule has 2 heterocycles. The van der Waals surface area contributed by atoms with Crippen molar-refractivity contribution < 1.29 is 17.9 Å². The van der Waals surface area contributed by atoms with Crippen molar-refractivity contribution in [3.05, 3.63) is 72.4 Å². The smallest absolute Gasteiger partial charge is 0.244 e. The predicted octanol–water partition coefficient (Wildman–Crippen LogP) is 1.54. The maximum absolute atomic E-state index is 12.4. The number of furan rings is 1. The molecule has 1 unspecified atom stereocenters. The Balaban J connectivity index is 1.75. The Bertz CT molecular complexity index is 873. The van der Waals surface area contributed by atoms with Gasteiger partial charge in [0.15, 0.2) is 0 Å². The van der Waals surface area contributed by atoms with E-state index in [2.05, 4.69) is 9.82 Å². The first-order chi connectivity index (χ1) is 11.6. The van der Waals surface area contributed by atoms with E-state index in [1.165, 1.54) is 18.7 Å². The highest BCUT2D eigenvalue weighted by Crippen LogP contribution is 2.17. The van der Waals surface area contributed by atoms with Gasteiger partial charge in [0.25, 0.3) is 0 Å². The van der Waals surface area contributed by atoms with Crippen LogP contribution in [0.4, 0.5) is 0 Å². The predicted molar refractivity (Wildman–Crippen MR) is 86.6 cm³/mol. The summed E-state index contributed by atoms with van der Waals surface area (Å²) >= 11 is 0. The molecule has 0 fully saturated rings. The monoisotopic (exact) mass is 347 g/mol. The average molecular weight is 347 g/mol. The van der Waals surface area contributed by atoms with Crippen LogP contribution in [0.25, 0.3) is 0 Å². The Morgan fingerprint density at radius 2 is 2.00 bits per heavy atom. The Morgan fingerprint density at radius 1 is 1.21 bits per heavy atom. The number of aliphatic hydroxyl groups excluding tert-OH is 1. The highest BCUT2D eigenvalue weighted by Gasteiger charge is 2.24. The molecule has 7 nitrogen and oxygen atoms in total. The largest absolute Gasteiger partial charge is 0.468 e. The van der Waals surface area contributed by atoms with Crippen molar-refractivity contribution in [2.45, 2.75) is 17.5 Å². The highest BCUT2D eigenvalue weighted by molar-refractivity contribution is 7.89. The lowest BCUT2D eigenvalue weighted by molar-refractivity contribution is 0.242. The molecule has 1 aromatic carbocycles. The van der Waals surface area contributed by atoms with Crippen molar-refractivity contribution >= 4 is 10.0 Å². The third-order valence-corrected chi connectivity index (χ3v) is 4.90. The fraction of sp³-hybridized carbons (Fsp3) is 0.188. The van der Waals surface area contributed by atoms with Gasteiger partial charge in [-0.1, -0.05) is 30.3 Å². The van der Waals surface area contributed by atoms with Crippen LogP contribution < -0.4 is 4.72 Å². The first-order valence-electron chi connectivity index (χ1n) is 7.31. The number of nitrogens with one attached hydrogen (secondary N) is 1. The Hall–Kier alpha value is -2.42. The van der Waals surface area contributed by atoms with Gasteiger partial charge in [0.05, 0.1) is 25.6 Å². The van der Waals surface area contributed by atoms with E-state index in [9.17, 15) is 13.5 Å². The molecule has 0 aliphatic rings. The number of aromatic nitrogens is 2. The molecule has 2 aromatic heterocycles. The van der Waals surface area contributed by atoms with Gasteiger partial charge >= 0.3 is 0 Å². The molecule has 0 amide bonds. The van der Waals surface area contributed by atoms with Gasteiger partial charge in [-0.15, -0.1) is 0 Å². The van der Waals surface area contributed by atoms with Gasteiger partial charge in [-0.05, 0) is 17.7 Å². The standard InChI is InChI=1S/C16H17N3O4S/c20-12-15(16-7-4-8-23-16)18-24(21,22)14-9-17-19(11-14)10-13-5-2-1-3-6-13/h1-9,11,15,18,20H,10,12H2. The van der Waals surface area contributed by atoms with Gasteiger partial charge in [-0.25, -0.2) is 8.42 Å². The number of aliphatic hydroxyl groups is 1. The minimum atomic E-state index is -3.82. The normalized spacial score (nSPS) is 13.0. The quantitative estimate of drug-likeness (QED) is 0.676. The maximum Gasteiger partial charge on any atom is 0.244 e. The van der Waals surface area contributed by atoms with Crippen LogP contribution in [-0.2, 0) is 16.6 Å². The highest BCUT2D eigenvalue weighted by atomic mass is 32.2. The molecule has 0 aliphatic carbocycles. The summed E-state index contributed by atoms with van der Waals surface area (Å²) < 4.78 is 34.0. The summed E-state index contributed by atoms with van der Waals surface area (Å²) in [6.45, 7) is 0.0584. The molecule has 24 heavy (non-hydrogen) atoms. The summed E-state index contributed by atoms with van der Waals surface area (Å²) in [4.78, 5) is 0.0310. The Morgan fingerprint density at radius 3 is 2.67 bits per heavy atom. The van der Waals surface area contributed by atoms with Crippen molar-refractivity contribution in [3.63, 3.8) is 0 Å². The molecular weight excluding hydrogens is 330 g/mol. The Kier molecular flexibility index (Phi) is 4.79. The number of hydrogen-bond donors (Lipinski definition) is 2. The Labute approximate surface area is 139 Å². The second-order valence-corrected chi connectivity index (χ2v) is 6.95. The molecule has 3 aromatic rings. The van der Waals surface area contributed by atoms with Crippen LogP contribution in [0.5, 0.6) is 0 Å². The molecule has 0 spiro atoms. The maximum atomic E-state index is 12.4. The van der Waals surface area contributed by atoms with Gasteiger partial charge in [-0.2, -0.15) is 9.82 Å². The van der Waals surface area contributed by atoms with Crippen LogP contribution in [0.15, 0.2) is 70.4 Å². The van der Waals surface area contributed by atoms with Crippen molar-refractivity contribution in [1.29, 1.82) is 0 Å². The fourth-order valence-corrected chi connectivity index (χ4v) is 3.42. The van der Waals surface area contributed by atoms with E-state index >= 15 is 0 Å². The van der Waals surface area contributed by atoms with Gasteiger partial charge in [-0.3, -0.25) is 4.68 Å². The van der Waals surface area contributed by atoms with Gasteiger partial charge in [0.1, 0.15) is 16.7 Å². The summed E-state index contributed by atoms with van der Waals surface area (Å²) in [5.41, 5.74) is 1.02. The van der Waals surface area contributed by atoms with Crippen LogP contribution in [0, 0.1) is 0 Å². The van der Waals surface area contributed by atoms with Gasteiger partial charge < -0.3 is 9.52 Å². The molecule has 2 N–H and O–H groups in total. The zero-order valence-electron chi connectivity index (χ0n) is 12.7. The zero-order valence-corrected chi connectivity index (χ0v) is 13.6. The van der Waals surface area contributed by atoms with E-state index in [0.717, 1.165) is 5.56 Å². The van der Waals surface area contributed by atoms with E-state index < -0.39 is 22.7 Å². The SMILES string of the molecule is O=S(=O)(NC(CO)c1ccco1)c1cnn(Cc2ccccc2)c1. The third-order valence-electron chi connectivity index (χ3n) is 3.47. The first-order valence-corrected chi connectivity index (χ1v) is 8.80. The summed E-state index contributed by atoms with van der Waals surface area (Å²) in [5, 5.41) is 13.5. The van der Waals surface area contributed by atoms with E-state index in [1.807, 2.05) is 30.3 Å². The lowest BCUT2D eigenvalue weighted by Crippen LogP contribution is -2.30. The van der Waals surface area contributed by atoms with Crippen molar-refractivity contribution in [1.82, 2.24) is 14.5 Å². The number of nitrogens with zero attached hydrogens (tertiary/aromatic N) is 2. The lowest BCUT2D eigenvalue weighted by Gasteiger charge is -2.13. The minimum absolute atomic E-state index is 0.0310. The fourth-order valence-electron chi connectivity index (χ4n) is 2.27. The molecule has 8 heteroatoms. The molecule has 0 aliphatic heterocycles. The summed E-state index contributed by atoms with van der Waals surface area (Å²) in [6, 6.07) is 12.0. The molecule has 0 saturated heterocycles. The van der Waals surface area contributed by atoms with Crippen LogP contribution >= 0.6 is 0 Å². The number of benzene rings is 1. The average Bonchev–Trinajstić information content (AvgIpc) is 3.25. The van der Waals surface area contributed by atoms with Crippen LogP contribution in [-0.4, -0.2) is 29.9 Å². The van der Waals surface area contributed by atoms with E-state index in [-0.39, 0.29) is 4.90 Å². The van der Waals surface area contributed by atoms with Gasteiger partial charge in [0, 0.05) is 6.20 Å². The minimum Gasteiger partial charge on any atom is -0.468 e. The van der Waals surface area contributed by atoms with Crippen LogP contribution in [0.1, 0.15) is 17.4 Å².